The number of carbonyl (C=O) groups excluding carboxylic acids is 1. The average Bonchev–Trinajstić information content (AvgIpc) is 2.82. The van der Waals surface area contributed by atoms with Crippen LogP contribution >= 0.6 is 11.6 Å². The molecule has 1 aromatic carbocycles. The molecule has 1 saturated heterocycles. The Morgan fingerprint density at radius 1 is 1.12 bits per heavy atom. The molecule has 0 unspecified atom stereocenters. The zero-order valence-electron chi connectivity index (χ0n) is 13.9. The van der Waals surface area contributed by atoms with Crippen LogP contribution in [-0.4, -0.2) is 46.9 Å². The second kappa shape index (κ2) is 7.77. The average molecular weight is 344 g/mol. The Morgan fingerprint density at radius 2 is 1.96 bits per heavy atom. The van der Waals surface area contributed by atoms with E-state index in [0.717, 1.165) is 44.8 Å². The first-order chi connectivity index (χ1) is 11.6. The molecule has 0 bridgehead atoms. The van der Waals surface area contributed by atoms with Gasteiger partial charge in [-0.05, 0) is 37.1 Å². The predicted octanol–water partition coefficient (Wildman–Crippen LogP) is 3.39. The van der Waals surface area contributed by atoms with Gasteiger partial charge >= 0.3 is 0 Å². The number of hydrogen-bond acceptors (Lipinski definition) is 3. The maximum absolute atomic E-state index is 12.7. The van der Waals surface area contributed by atoms with E-state index in [9.17, 15) is 4.79 Å². The molecule has 2 aromatic rings. The Kier molecular flexibility index (Phi) is 5.48. The standard InChI is InChI=1S/C19H22ClN3O/c1-15-16(6-4-9-21-15)14-22-10-5-11-23(13-12-22)19(24)17-7-2-3-8-18(17)20/h2-4,6-9H,5,10-14H2,1H3. The van der Waals surface area contributed by atoms with Crippen molar-refractivity contribution in [1.29, 1.82) is 0 Å². The highest BCUT2D eigenvalue weighted by Gasteiger charge is 2.22. The highest BCUT2D eigenvalue weighted by Crippen LogP contribution is 2.18. The lowest BCUT2D eigenvalue weighted by Crippen LogP contribution is -2.35. The summed E-state index contributed by atoms with van der Waals surface area (Å²) in [5.41, 5.74) is 2.92. The zero-order valence-corrected chi connectivity index (χ0v) is 14.7. The van der Waals surface area contributed by atoms with Gasteiger partial charge in [-0.1, -0.05) is 29.8 Å². The molecule has 0 N–H and O–H groups in total. The van der Waals surface area contributed by atoms with Crippen LogP contribution in [0.15, 0.2) is 42.6 Å². The molecular formula is C19H22ClN3O. The predicted molar refractivity (Wildman–Crippen MR) is 96.2 cm³/mol. The quantitative estimate of drug-likeness (QED) is 0.857. The Balaban J connectivity index is 1.64. The third-order valence-electron chi connectivity index (χ3n) is 4.49. The summed E-state index contributed by atoms with van der Waals surface area (Å²) in [4.78, 5) is 21.4. The number of nitrogens with zero attached hydrogens (tertiary/aromatic N) is 3. The molecule has 0 spiro atoms. The number of amides is 1. The summed E-state index contributed by atoms with van der Waals surface area (Å²) in [5.74, 6) is 0.0278. The molecule has 1 aliphatic rings. The summed E-state index contributed by atoms with van der Waals surface area (Å²) in [6.07, 6.45) is 2.79. The van der Waals surface area contributed by atoms with E-state index in [1.165, 1.54) is 5.56 Å². The lowest BCUT2D eigenvalue weighted by atomic mass is 10.2. The van der Waals surface area contributed by atoms with Gasteiger partial charge in [0.2, 0.25) is 0 Å². The van der Waals surface area contributed by atoms with Crippen molar-refractivity contribution < 1.29 is 4.79 Å². The van der Waals surface area contributed by atoms with Crippen molar-refractivity contribution in [3.63, 3.8) is 0 Å². The molecule has 0 aliphatic carbocycles. The molecule has 4 nitrogen and oxygen atoms in total. The van der Waals surface area contributed by atoms with E-state index in [1.54, 1.807) is 12.1 Å². The lowest BCUT2D eigenvalue weighted by molar-refractivity contribution is 0.0761. The maximum atomic E-state index is 12.7. The van der Waals surface area contributed by atoms with Crippen LogP contribution in [0.25, 0.3) is 0 Å². The minimum absolute atomic E-state index is 0.0278. The number of pyridine rings is 1. The van der Waals surface area contributed by atoms with E-state index < -0.39 is 0 Å². The molecule has 24 heavy (non-hydrogen) atoms. The number of halogens is 1. The topological polar surface area (TPSA) is 36.4 Å². The smallest absolute Gasteiger partial charge is 0.255 e. The van der Waals surface area contributed by atoms with Crippen molar-refractivity contribution in [2.75, 3.05) is 26.2 Å². The number of aryl methyl sites for hydroxylation is 1. The Bertz CT molecular complexity index is 719. The molecule has 2 heterocycles. The number of benzene rings is 1. The molecule has 126 valence electrons. The molecular weight excluding hydrogens is 322 g/mol. The molecule has 5 heteroatoms. The molecule has 1 aromatic heterocycles. The summed E-state index contributed by atoms with van der Waals surface area (Å²) in [6, 6.07) is 11.4. The SMILES string of the molecule is Cc1ncccc1CN1CCCN(C(=O)c2ccccc2Cl)CC1. The Hall–Kier alpha value is -1.91. The highest BCUT2D eigenvalue weighted by atomic mass is 35.5. The van der Waals surface area contributed by atoms with Crippen LogP contribution in [0.5, 0.6) is 0 Å². The largest absolute Gasteiger partial charge is 0.337 e. The van der Waals surface area contributed by atoms with Gasteiger partial charge in [0.25, 0.3) is 5.91 Å². The fraction of sp³-hybridized carbons (Fsp3) is 0.368. The zero-order chi connectivity index (χ0) is 16.9. The first-order valence-electron chi connectivity index (χ1n) is 8.32. The second-order valence-corrected chi connectivity index (χ2v) is 6.56. The fourth-order valence-corrected chi connectivity index (χ4v) is 3.28. The molecule has 1 amide bonds. The van der Waals surface area contributed by atoms with Gasteiger partial charge < -0.3 is 4.90 Å². The number of rotatable bonds is 3. The van der Waals surface area contributed by atoms with Crippen LogP contribution in [0.2, 0.25) is 5.02 Å². The maximum Gasteiger partial charge on any atom is 0.255 e. The monoisotopic (exact) mass is 343 g/mol. The lowest BCUT2D eigenvalue weighted by Gasteiger charge is -2.22. The van der Waals surface area contributed by atoms with Gasteiger partial charge in [-0.15, -0.1) is 0 Å². The van der Waals surface area contributed by atoms with E-state index in [1.807, 2.05) is 36.2 Å². The van der Waals surface area contributed by atoms with Crippen molar-refractivity contribution in [3.05, 3.63) is 64.4 Å². The summed E-state index contributed by atoms with van der Waals surface area (Å²) < 4.78 is 0. The Morgan fingerprint density at radius 3 is 2.75 bits per heavy atom. The number of carbonyl (C=O) groups is 1. The van der Waals surface area contributed by atoms with Gasteiger partial charge in [-0.3, -0.25) is 14.7 Å². The third kappa shape index (κ3) is 3.94. The van der Waals surface area contributed by atoms with Crippen LogP contribution in [0, 0.1) is 6.92 Å². The Labute approximate surface area is 148 Å². The van der Waals surface area contributed by atoms with Gasteiger partial charge in [0.15, 0.2) is 0 Å². The van der Waals surface area contributed by atoms with Crippen molar-refractivity contribution in [2.24, 2.45) is 0 Å². The highest BCUT2D eigenvalue weighted by molar-refractivity contribution is 6.33. The molecule has 0 atom stereocenters. The third-order valence-corrected chi connectivity index (χ3v) is 4.82. The number of hydrogen-bond donors (Lipinski definition) is 0. The van der Waals surface area contributed by atoms with E-state index in [-0.39, 0.29) is 5.91 Å². The summed E-state index contributed by atoms with van der Waals surface area (Å²) >= 11 is 6.17. The van der Waals surface area contributed by atoms with E-state index in [2.05, 4.69) is 16.0 Å². The first-order valence-corrected chi connectivity index (χ1v) is 8.69. The van der Waals surface area contributed by atoms with Crippen molar-refractivity contribution >= 4 is 17.5 Å². The fourth-order valence-electron chi connectivity index (χ4n) is 3.06. The van der Waals surface area contributed by atoms with Gasteiger partial charge in [-0.2, -0.15) is 0 Å². The van der Waals surface area contributed by atoms with E-state index >= 15 is 0 Å². The summed E-state index contributed by atoms with van der Waals surface area (Å²) in [5, 5.41) is 0.523. The summed E-state index contributed by atoms with van der Waals surface area (Å²) in [6.45, 7) is 6.27. The molecule has 1 fully saturated rings. The van der Waals surface area contributed by atoms with Gasteiger partial charge in [0.1, 0.15) is 0 Å². The minimum atomic E-state index is 0.0278. The van der Waals surface area contributed by atoms with Gasteiger partial charge in [0, 0.05) is 44.6 Å². The minimum Gasteiger partial charge on any atom is -0.337 e. The molecule has 0 saturated carbocycles. The molecule has 3 rings (SSSR count). The van der Waals surface area contributed by atoms with Crippen LogP contribution < -0.4 is 0 Å². The second-order valence-electron chi connectivity index (χ2n) is 6.15. The van der Waals surface area contributed by atoms with Crippen LogP contribution in [0.4, 0.5) is 0 Å². The van der Waals surface area contributed by atoms with Crippen LogP contribution in [-0.2, 0) is 6.54 Å². The van der Waals surface area contributed by atoms with Crippen molar-refractivity contribution in [1.82, 2.24) is 14.8 Å². The van der Waals surface area contributed by atoms with Crippen molar-refractivity contribution in [3.8, 4) is 0 Å². The van der Waals surface area contributed by atoms with E-state index in [4.69, 9.17) is 11.6 Å². The molecule has 0 radical (unpaired) electrons. The van der Waals surface area contributed by atoms with Crippen molar-refractivity contribution in [2.45, 2.75) is 19.9 Å². The van der Waals surface area contributed by atoms with Gasteiger partial charge in [-0.25, -0.2) is 0 Å². The van der Waals surface area contributed by atoms with Crippen LogP contribution in [0.1, 0.15) is 28.0 Å². The summed E-state index contributed by atoms with van der Waals surface area (Å²) in [7, 11) is 0. The van der Waals surface area contributed by atoms with Gasteiger partial charge in [0.05, 0.1) is 10.6 Å². The first kappa shape index (κ1) is 16.9. The molecule has 1 aliphatic heterocycles. The normalized spacial score (nSPS) is 16.0. The van der Waals surface area contributed by atoms with Crippen LogP contribution in [0.3, 0.4) is 0 Å². The van der Waals surface area contributed by atoms with E-state index in [0.29, 0.717) is 10.6 Å². The number of aromatic nitrogens is 1.